The third-order valence-corrected chi connectivity index (χ3v) is 6.43. The molecule has 1 aliphatic heterocycles. The standard InChI is InChI=1S/C20H16Br2N2/c21-12-20(13-22)17-8-4-3-6-15(17)10-19(24-20)18-9-14-5-1-2-7-16(14)11-23-18/h1-11,24H,12-13H2. The van der Waals surface area contributed by atoms with Gasteiger partial charge in [-0.3, -0.25) is 4.98 Å². The molecule has 2 heterocycles. The summed E-state index contributed by atoms with van der Waals surface area (Å²) in [5.41, 5.74) is 4.37. The van der Waals surface area contributed by atoms with Gasteiger partial charge in [0.1, 0.15) is 0 Å². The highest BCUT2D eigenvalue weighted by molar-refractivity contribution is 9.09. The lowest BCUT2D eigenvalue weighted by Crippen LogP contribution is -2.47. The molecule has 0 saturated carbocycles. The Bertz CT molecular complexity index is 930. The highest BCUT2D eigenvalue weighted by Gasteiger charge is 2.35. The van der Waals surface area contributed by atoms with Crippen LogP contribution in [0.4, 0.5) is 0 Å². The Morgan fingerprint density at radius 1 is 0.917 bits per heavy atom. The van der Waals surface area contributed by atoms with Crippen LogP contribution in [-0.4, -0.2) is 15.6 Å². The molecular formula is C20H16Br2N2. The first-order valence-corrected chi connectivity index (χ1v) is 10.1. The van der Waals surface area contributed by atoms with Gasteiger partial charge in [0.25, 0.3) is 0 Å². The van der Waals surface area contributed by atoms with Crippen LogP contribution in [0.1, 0.15) is 16.8 Å². The van der Waals surface area contributed by atoms with Crippen LogP contribution >= 0.6 is 31.9 Å². The molecule has 0 atom stereocenters. The number of halogens is 2. The van der Waals surface area contributed by atoms with Gasteiger partial charge in [-0.15, -0.1) is 0 Å². The number of benzene rings is 2. The van der Waals surface area contributed by atoms with E-state index in [0.717, 1.165) is 27.4 Å². The van der Waals surface area contributed by atoms with Crippen LogP contribution in [0.2, 0.25) is 0 Å². The summed E-state index contributed by atoms with van der Waals surface area (Å²) in [5, 5.41) is 7.69. The molecule has 0 fully saturated rings. The van der Waals surface area contributed by atoms with E-state index in [9.17, 15) is 0 Å². The van der Waals surface area contributed by atoms with Crippen molar-refractivity contribution in [2.45, 2.75) is 5.54 Å². The van der Waals surface area contributed by atoms with Gasteiger partial charge in [0, 0.05) is 22.2 Å². The highest BCUT2D eigenvalue weighted by Crippen LogP contribution is 2.37. The lowest BCUT2D eigenvalue weighted by Gasteiger charge is -2.38. The van der Waals surface area contributed by atoms with Crippen LogP contribution in [0.3, 0.4) is 0 Å². The summed E-state index contributed by atoms with van der Waals surface area (Å²) in [5.74, 6) is 0. The van der Waals surface area contributed by atoms with Crippen molar-refractivity contribution in [2.24, 2.45) is 0 Å². The SMILES string of the molecule is BrCC1(CBr)NC(c2cc3ccccc3cn2)=Cc2ccccc21. The fourth-order valence-corrected chi connectivity index (χ4v) is 5.00. The Hall–Kier alpha value is -1.65. The third-order valence-electron chi connectivity index (χ3n) is 4.51. The normalized spacial score (nSPS) is 15.5. The molecule has 1 aromatic heterocycles. The van der Waals surface area contributed by atoms with Crippen LogP contribution in [0.15, 0.2) is 60.8 Å². The van der Waals surface area contributed by atoms with Crippen molar-refractivity contribution < 1.29 is 0 Å². The summed E-state index contributed by atoms with van der Waals surface area (Å²) in [7, 11) is 0. The smallest absolute Gasteiger partial charge is 0.0867 e. The Kier molecular flexibility index (Phi) is 4.19. The summed E-state index contributed by atoms with van der Waals surface area (Å²) in [4.78, 5) is 4.68. The molecule has 0 aliphatic carbocycles. The van der Waals surface area contributed by atoms with Crippen LogP contribution in [-0.2, 0) is 5.54 Å². The number of hydrogen-bond donors (Lipinski definition) is 1. The first-order valence-electron chi connectivity index (χ1n) is 7.82. The topological polar surface area (TPSA) is 24.9 Å². The Morgan fingerprint density at radius 3 is 2.42 bits per heavy atom. The predicted octanol–water partition coefficient (Wildman–Crippen LogP) is 5.32. The molecule has 1 aliphatic rings. The van der Waals surface area contributed by atoms with Crippen LogP contribution in [0.25, 0.3) is 22.5 Å². The lowest BCUT2D eigenvalue weighted by molar-refractivity contribution is 0.497. The molecule has 0 spiro atoms. The molecule has 0 unspecified atom stereocenters. The highest BCUT2D eigenvalue weighted by atomic mass is 79.9. The average Bonchev–Trinajstić information content (AvgIpc) is 2.66. The molecule has 0 saturated heterocycles. The second-order valence-electron chi connectivity index (χ2n) is 6.04. The van der Waals surface area contributed by atoms with E-state index in [0.29, 0.717) is 0 Å². The molecule has 4 rings (SSSR count). The average molecular weight is 444 g/mol. The van der Waals surface area contributed by atoms with Gasteiger partial charge in [-0.1, -0.05) is 80.4 Å². The maximum absolute atomic E-state index is 4.68. The second kappa shape index (κ2) is 6.34. The van der Waals surface area contributed by atoms with Crippen LogP contribution in [0, 0.1) is 0 Å². The van der Waals surface area contributed by atoms with Gasteiger partial charge < -0.3 is 5.32 Å². The lowest BCUT2D eigenvalue weighted by atomic mass is 9.85. The van der Waals surface area contributed by atoms with E-state index >= 15 is 0 Å². The molecule has 0 radical (unpaired) electrons. The molecule has 120 valence electrons. The number of fused-ring (bicyclic) bond motifs is 2. The van der Waals surface area contributed by atoms with Crippen molar-refractivity contribution in [2.75, 3.05) is 10.7 Å². The molecule has 1 N–H and O–H groups in total. The Balaban J connectivity index is 1.87. The minimum absolute atomic E-state index is 0.187. The van der Waals surface area contributed by atoms with Gasteiger partial charge in [-0.05, 0) is 28.7 Å². The van der Waals surface area contributed by atoms with Crippen molar-refractivity contribution in [3.63, 3.8) is 0 Å². The van der Waals surface area contributed by atoms with Gasteiger partial charge in [-0.25, -0.2) is 0 Å². The predicted molar refractivity (Wildman–Crippen MR) is 108 cm³/mol. The summed E-state index contributed by atoms with van der Waals surface area (Å²) < 4.78 is 0. The van der Waals surface area contributed by atoms with E-state index in [1.54, 1.807) is 0 Å². The van der Waals surface area contributed by atoms with E-state index < -0.39 is 0 Å². The first-order chi connectivity index (χ1) is 11.8. The van der Waals surface area contributed by atoms with E-state index in [4.69, 9.17) is 0 Å². The van der Waals surface area contributed by atoms with E-state index in [1.165, 1.54) is 16.5 Å². The molecule has 3 aromatic rings. The van der Waals surface area contributed by atoms with Gasteiger partial charge in [0.15, 0.2) is 0 Å². The first kappa shape index (κ1) is 15.9. The van der Waals surface area contributed by atoms with Gasteiger partial charge in [-0.2, -0.15) is 0 Å². The minimum atomic E-state index is -0.187. The quantitative estimate of drug-likeness (QED) is 0.554. The number of rotatable bonds is 3. The number of alkyl halides is 2. The van der Waals surface area contributed by atoms with Crippen molar-refractivity contribution in [3.8, 4) is 0 Å². The molecule has 24 heavy (non-hydrogen) atoms. The summed E-state index contributed by atoms with van der Waals surface area (Å²) in [6.45, 7) is 0. The fraction of sp³-hybridized carbons (Fsp3) is 0.150. The minimum Gasteiger partial charge on any atom is -0.372 e. The molecule has 2 nitrogen and oxygen atoms in total. The van der Waals surface area contributed by atoms with Crippen molar-refractivity contribution in [3.05, 3.63) is 77.6 Å². The molecule has 0 bridgehead atoms. The Morgan fingerprint density at radius 2 is 1.62 bits per heavy atom. The van der Waals surface area contributed by atoms with Gasteiger partial charge in [0.05, 0.1) is 16.9 Å². The van der Waals surface area contributed by atoms with E-state index in [-0.39, 0.29) is 5.54 Å². The fourth-order valence-electron chi connectivity index (χ4n) is 3.19. The van der Waals surface area contributed by atoms with Gasteiger partial charge in [0.2, 0.25) is 0 Å². The summed E-state index contributed by atoms with van der Waals surface area (Å²) in [6.07, 6.45) is 4.13. The van der Waals surface area contributed by atoms with E-state index in [1.807, 2.05) is 12.3 Å². The molecule has 0 amide bonds. The maximum atomic E-state index is 4.68. The van der Waals surface area contributed by atoms with Crippen molar-refractivity contribution in [1.29, 1.82) is 0 Å². The Labute approximate surface area is 158 Å². The molecule has 4 heteroatoms. The zero-order chi connectivity index (χ0) is 16.6. The molecule has 2 aromatic carbocycles. The third kappa shape index (κ3) is 2.58. The van der Waals surface area contributed by atoms with Gasteiger partial charge >= 0.3 is 0 Å². The van der Waals surface area contributed by atoms with Crippen molar-refractivity contribution >= 4 is 54.4 Å². The zero-order valence-electron chi connectivity index (χ0n) is 13.0. The number of hydrogen-bond acceptors (Lipinski definition) is 2. The number of aromatic nitrogens is 1. The monoisotopic (exact) mass is 442 g/mol. The summed E-state index contributed by atoms with van der Waals surface area (Å²) >= 11 is 7.40. The molecular weight excluding hydrogens is 428 g/mol. The zero-order valence-corrected chi connectivity index (χ0v) is 16.1. The number of nitrogens with one attached hydrogen (secondary N) is 1. The number of nitrogens with zero attached hydrogens (tertiary/aromatic N) is 1. The number of pyridine rings is 1. The van der Waals surface area contributed by atoms with Crippen LogP contribution < -0.4 is 5.32 Å². The summed E-state index contributed by atoms with van der Waals surface area (Å²) in [6, 6.07) is 19.0. The maximum Gasteiger partial charge on any atom is 0.0867 e. The largest absolute Gasteiger partial charge is 0.372 e. The second-order valence-corrected chi connectivity index (χ2v) is 7.16. The van der Waals surface area contributed by atoms with E-state index in [2.05, 4.69) is 96.8 Å². The van der Waals surface area contributed by atoms with Crippen molar-refractivity contribution in [1.82, 2.24) is 10.3 Å². The van der Waals surface area contributed by atoms with Crippen LogP contribution in [0.5, 0.6) is 0 Å².